The van der Waals surface area contributed by atoms with E-state index in [0.29, 0.717) is 0 Å². The molecule has 0 spiro atoms. The Kier molecular flexibility index (Phi) is 3.07. The van der Waals surface area contributed by atoms with Crippen molar-refractivity contribution < 1.29 is 0 Å². The van der Waals surface area contributed by atoms with Crippen molar-refractivity contribution in [1.82, 2.24) is 0 Å². The van der Waals surface area contributed by atoms with Crippen LogP contribution in [0.4, 0.5) is 0 Å². The highest BCUT2D eigenvalue weighted by atomic mass is 14.8. The predicted molar refractivity (Wildman–Crippen MR) is 510 cm³/mol. The quantitative estimate of drug-likeness (QED) is 0.144. The van der Waals surface area contributed by atoms with Gasteiger partial charge in [-0.05, 0) is 626 Å². The highest BCUT2D eigenvalue weighted by molar-refractivity contribution is 6.88. The standard InChI is InChI=1S/C120H2/c1-3-9-10-4(1)18-22-14-7(1)13-21-17(3)29-37-33(9)49-50-34(10)38-30(18)46-42(22)58-54-26(14)25(13)53-57-41(21)45(29)73-77-61(37)65(49)93-94-66(50)62(38)78-74(46)86-82(58)90-70(54)69(53)89-81(57)85(73)101-97(77)105(93)113-106(94)98(78)102(86)116-110(90)109(89)115(101)119(113,116)120-114-107-95-67-51-35-11-5-2-6-12(11)36-40-32-20(6)24-16-8(2)15-23-19(5)31-39(35)63(67)79-75-47(31)43(23)59-55-27(15)28(16)56-60-44(24)48(32)76-80-64(40)68(52(36)51)96(95)108(114)100(80)104-88(76)84(60)92-72(56)71(55)91-83(59)87(75)103(99(79)107)117(120)111(91)112(92)118(104)120/h115,117H. The van der Waals surface area contributed by atoms with Crippen LogP contribution in [0.1, 0.15) is 56.3 Å². The van der Waals surface area contributed by atoms with Gasteiger partial charge in [-0.2, -0.15) is 0 Å². The Morgan fingerprint density at radius 3 is 0.275 bits per heavy atom. The van der Waals surface area contributed by atoms with Gasteiger partial charge in [0, 0.05) is 22.7 Å². The van der Waals surface area contributed by atoms with E-state index in [1.54, 1.807) is 582 Å². The first-order chi connectivity index (χ1) is 60.0. The summed E-state index contributed by atoms with van der Waals surface area (Å²) in [6.45, 7) is 0. The third-order valence-corrected chi connectivity index (χ3v) is 46.9. The first kappa shape index (κ1) is 41.2. The van der Waals surface area contributed by atoms with Crippen LogP contribution < -0.4 is 0 Å². The van der Waals surface area contributed by atoms with Crippen molar-refractivity contribution >= 4 is 582 Å². The van der Waals surface area contributed by atoms with Crippen molar-refractivity contribution in [2.75, 3.05) is 0 Å². The smallest absolute Gasteiger partial charge is 0.0224 e. The summed E-state index contributed by atoms with van der Waals surface area (Å²) in [5, 5.41) is 185. The van der Waals surface area contributed by atoms with E-state index in [1.165, 1.54) is 0 Å². The summed E-state index contributed by atoms with van der Waals surface area (Å²) in [4.78, 5) is 0. The van der Waals surface area contributed by atoms with Crippen LogP contribution in [0.3, 0.4) is 0 Å². The molecule has 0 fully saturated rings. The van der Waals surface area contributed by atoms with Gasteiger partial charge in [0.2, 0.25) is 0 Å². The van der Waals surface area contributed by atoms with Crippen molar-refractivity contribution in [2.24, 2.45) is 0 Å². The molecular weight excluding hydrogens is 1440 g/mol. The second kappa shape index (κ2) is 8.94. The van der Waals surface area contributed by atoms with Crippen LogP contribution >= 0.6 is 0 Å². The second-order valence-electron chi connectivity index (χ2n) is 46.1. The molecule has 482 valence electrons. The van der Waals surface area contributed by atoms with E-state index in [2.05, 4.69) is 0 Å². The molecule has 4 unspecified atom stereocenters. The van der Waals surface area contributed by atoms with Gasteiger partial charge in [-0.15, -0.1) is 0 Å². The van der Waals surface area contributed by atoms with E-state index in [4.69, 9.17) is 0 Å². The Hall–Kier alpha value is -15.1. The van der Waals surface area contributed by atoms with Crippen LogP contribution in [0.5, 0.6) is 0 Å². The van der Waals surface area contributed by atoms with E-state index in [-0.39, 0.29) is 11.8 Å². The summed E-state index contributed by atoms with van der Waals surface area (Å²) >= 11 is 0. The molecular formula is C120H2. The SMILES string of the molecule is c12c3c4c5c6c7c8c9c%10c(c%11c%12c1c1c%13c3c3c5c5c6c6c%14c7c9c7c9c%10c%11c%10c%11c%12c1c1c%12c%13c3c3c5c5c6c6c%14c7c7c9c%10c9c%11c1c1c%12c3c5c3c6c7c9c13)C2C48C12c3c4c5c6c7c8c(c9c%10c1c1c%11c3c3c%12c4c4c6c6c7c7c%13c8c9c8c9c%10c1c1c%10c%11c3c3c%11c%12c4c4c6c6c7c7c%13c8c8c9c1c1c%10c3c3c%11c4c6c4c7c8c1c34)C52. The molecule has 0 nitrogen and oxygen atoms in total. The fourth-order valence-corrected chi connectivity index (χ4v) is 47.6. The Labute approximate surface area is 644 Å². The molecule has 0 saturated heterocycles. The molecule has 4 atom stereocenters. The van der Waals surface area contributed by atoms with Gasteiger partial charge < -0.3 is 0 Å². The van der Waals surface area contributed by atoms with Crippen LogP contribution in [0.15, 0.2) is 0 Å². The third kappa shape index (κ3) is 2.03. The van der Waals surface area contributed by atoms with Gasteiger partial charge in [-0.3, -0.25) is 0 Å². The lowest BCUT2D eigenvalue weighted by molar-refractivity contribution is 0.278. The van der Waals surface area contributed by atoms with E-state index in [1.807, 2.05) is 44.5 Å². The zero-order valence-electron chi connectivity index (χ0n) is 60.2. The van der Waals surface area contributed by atoms with Crippen LogP contribution in [0.2, 0.25) is 0 Å². The number of hydrogen-bond acceptors (Lipinski definition) is 0. The first-order valence-corrected chi connectivity index (χ1v) is 45.5. The van der Waals surface area contributed by atoms with E-state index < -0.39 is 10.8 Å². The minimum Gasteiger partial charge on any atom is -0.0224 e. The Balaban J connectivity index is 0.789. The van der Waals surface area contributed by atoms with Gasteiger partial charge in [-0.25, -0.2) is 0 Å². The van der Waals surface area contributed by atoms with E-state index in [9.17, 15) is 0 Å². The molecule has 0 heterocycles. The Bertz CT molecular complexity index is 14700. The molecule has 0 radical (unpaired) electrons. The van der Waals surface area contributed by atoms with Gasteiger partial charge in [0.15, 0.2) is 0 Å². The highest BCUT2D eigenvalue weighted by Gasteiger charge is 2.78. The maximum Gasteiger partial charge on any atom is 0.0485 e. The molecule has 8 aliphatic rings. The molecule has 0 N–H and O–H groups in total. The second-order valence-corrected chi connectivity index (χ2v) is 46.1. The lowest BCUT2D eigenvalue weighted by atomic mass is 9.39. The van der Waals surface area contributed by atoms with Crippen LogP contribution in [-0.2, 0) is 10.8 Å². The lowest BCUT2D eigenvalue weighted by Gasteiger charge is -2.60. The number of benzene rings is 34. The first-order valence-electron chi connectivity index (χ1n) is 45.5. The van der Waals surface area contributed by atoms with Gasteiger partial charge in [-0.1, -0.05) is 0 Å². The van der Waals surface area contributed by atoms with Crippen LogP contribution in [0.25, 0.3) is 582 Å². The largest absolute Gasteiger partial charge is 0.0485 e. The predicted octanol–water partition coefficient (Wildman–Crippen LogP) is 33.3. The summed E-state index contributed by atoms with van der Waals surface area (Å²) in [6.07, 6.45) is 0. The summed E-state index contributed by atoms with van der Waals surface area (Å²) in [5.41, 5.74) is 13.6. The molecule has 8 aliphatic carbocycles. The number of rotatable bonds is 1. The zero-order chi connectivity index (χ0) is 69.1. The molecule has 0 saturated carbocycles. The van der Waals surface area contributed by atoms with E-state index in [0.717, 1.165) is 0 Å². The third-order valence-electron chi connectivity index (χ3n) is 46.9. The molecule has 0 bridgehead atoms. The summed E-state index contributed by atoms with van der Waals surface area (Å²) in [6, 6.07) is 0. The van der Waals surface area contributed by atoms with Gasteiger partial charge in [0.25, 0.3) is 0 Å². The van der Waals surface area contributed by atoms with Crippen LogP contribution in [0, 0.1) is 0 Å². The van der Waals surface area contributed by atoms with Crippen molar-refractivity contribution in [3.8, 4) is 0 Å². The minimum absolute atomic E-state index is 0.0623. The molecule has 56 aromatic carbocycles. The van der Waals surface area contributed by atoms with Gasteiger partial charge in [0.1, 0.15) is 0 Å². The minimum atomic E-state index is -0.619. The van der Waals surface area contributed by atoms with Crippen molar-refractivity contribution in [2.45, 2.75) is 22.7 Å². The Morgan fingerprint density at radius 1 is 0.0667 bits per heavy atom. The molecule has 0 aliphatic heterocycles. The molecule has 0 aromatic heterocycles. The molecule has 0 heteroatoms. The fraction of sp³-hybridized carbons (Fsp3) is 0.0333. The Morgan fingerprint density at radius 2 is 0.133 bits per heavy atom. The fourth-order valence-electron chi connectivity index (χ4n) is 47.6. The molecule has 120 heavy (non-hydrogen) atoms. The average Bonchev–Trinajstić information content (AvgIpc) is 1.37. The molecule has 0 amide bonds. The number of hydrogen-bond donors (Lipinski definition) is 0. The zero-order valence-corrected chi connectivity index (χ0v) is 60.2. The maximum absolute atomic E-state index is 1.88. The van der Waals surface area contributed by atoms with Crippen molar-refractivity contribution in [3.63, 3.8) is 0 Å². The maximum atomic E-state index is 1.88. The molecule has 56 aromatic rings. The summed E-state index contributed by atoms with van der Waals surface area (Å²) in [7, 11) is 0. The topological polar surface area (TPSA) is 0 Å². The lowest BCUT2D eigenvalue weighted by Crippen LogP contribution is -2.57. The highest BCUT2D eigenvalue weighted by Crippen LogP contribution is 2.94. The average molecular weight is 1440 g/mol. The van der Waals surface area contributed by atoms with E-state index >= 15 is 0 Å². The summed E-state index contributed by atoms with van der Waals surface area (Å²) in [5.74, 6) is 0.125. The van der Waals surface area contributed by atoms with Gasteiger partial charge >= 0.3 is 0 Å². The summed E-state index contributed by atoms with van der Waals surface area (Å²) < 4.78 is 0. The van der Waals surface area contributed by atoms with Gasteiger partial charge in [0.05, 0.1) is 0 Å². The van der Waals surface area contributed by atoms with Crippen molar-refractivity contribution in [1.29, 1.82) is 0 Å². The van der Waals surface area contributed by atoms with Crippen LogP contribution in [-0.4, -0.2) is 0 Å². The molecule has 64 rings (SSSR count). The normalized spacial score (nSPS) is 22.4. The monoisotopic (exact) mass is 1440 g/mol. The van der Waals surface area contributed by atoms with Crippen molar-refractivity contribution in [3.05, 3.63) is 44.5 Å².